The average Bonchev–Trinajstić information content (AvgIpc) is 2.83. The van der Waals surface area contributed by atoms with E-state index in [4.69, 9.17) is 4.74 Å². The summed E-state index contributed by atoms with van der Waals surface area (Å²) in [6.45, 7) is 2.05. The first kappa shape index (κ1) is 15.6. The van der Waals surface area contributed by atoms with Crippen LogP contribution in [0.15, 0.2) is 41.0 Å². The van der Waals surface area contributed by atoms with Crippen LogP contribution in [0.2, 0.25) is 0 Å². The van der Waals surface area contributed by atoms with Crippen LogP contribution in [-0.2, 0) is 7.05 Å². The van der Waals surface area contributed by atoms with Gasteiger partial charge < -0.3 is 14.6 Å². The quantitative estimate of drug-likeness (QED) is 0.893. The molecule has 4 nitrogen and oxygen atoms in total. The number of hydrogen-bond donors (Lipinski definition) is 1. The van der Waals surface area contributed by atoms with E-state index in [1.807, 2.05) is 43.6 Å². The largest absolute Gasteiger partial charge is 0.497 e. The van der Waals surface area contributed by atoms with E-state index in [0.717, 1.165) is 22.2 Å². The molecule has 0 radical (unpaired) electrons. The lowest BCUT2D eigenvalue weighted by Gasteiger charge is -2.18. The lowest BCUT2D eigenvalue weighted by atomic mass is 10.0. The zero-order chi connectivity index (χ0) is 15.4. The number of nitrogens with one attached hydrogen (secondary N) is 1. The molecule has 1 N–H and O–H groups in total. The fourth-order valence-electron chi connectivity index (χ4n) is 2.24. The van der Waals surface area contributed by atoms with Gasteiger partial charge in [0.2, 0.25) is 0 Å². The van der Waals surface area contributed by atoms with Crippen LogP contribution in [0.5, 0.6) is 5.75 Å². The van der Waals surface area contributed by atoms with Crippen LogP contribution in [0.1, 0.15) is 35.4 Å². The Hall–Kier alpha value is -1.75. The van der Waals surface area contributed by atoms with Crippen molar-refractivity contribution >= 4 is 21.8 Å². The maximum Gasteiger partial charge on any atom is 0.268 e. The predicted octanol–water partition coefficient (Wildman–Crippen LogP) is 3.68. The lowest BCUT2D eigenvalue weighted by molar-refractivity contribution is 0.0927. The minimum Gasteiger partial charge on any atom is -0.497 e. The van der Waals surface area contributed by atoms with Crippen molar-refractivity contribution in [3.8, 4) is 5.75 Å². The summed E-state index contributed by atoms with van der Waals surface area (Å²) in [5.41, 5.74) is 1.70. The highest BCUT2D eigenvalue weighted by atomic mass is 79.9. The fourth-order valence-corrected chi connectivity index (χ4v) is 2.76. The standard InChI is InChI=1S/C16H19BrN2O2/c1-4-14(11-5-7-13(21-3)8-6-11)18-16(20)15-9-12(17)10-19(15)2/h5-10,14H,4H2,1-3H3,(H,18,20). The molecule has 21 heavy (non-hydrogen) atoms. The summed E-state index contributed by atoms with van der Waals surface area (Å²) in [5, 5.41) is 3.07. The van der Waals surface area contributed by atoms with Gasteiger partial charge in [0.05, 0.1) is 13.2 Å². The molecule has 0 spiro atoms. The van der Waals surface area contributed by atoms with Crippen molar-refractivity contribution in [3.05, 3.63) is 52.3 Å². The highest BCUT2D eigenvalue weighted by Gasteiger charge is 2.16. The third-order valence-corrected chi connectivity index (χ3v) is 3.87. The van der Waals surface area contributed by atoms with E-state index in [1.54, 1.807) is 11.7 Å². The van der Waals surface area contributed by atoms with Gasteiger partial charge in [-0.2, -0.15) is 0 Å². The molecular weight excluding hydrogens is 332 g/mol. The van der Waals surface area contributed by atoms with Gasteiger partial charge in [0.15, 0.2) is 0 Å². The van der Waals surface area contributed by atoms with Gasteiger partial charge in [-0.1, -0.05) is 19.1 Å². The molecule has 0 fully saturated rings. The monoisotopic (exact) mass is 350 g/mol. The predicted molar refractivity (Wildman–Crippen MR) is 86.6 cm³/mol. The highest BCUT2D eigenvalue weighted by Crippen LogP contribution is 2.21. The van der Waals surface area contributed by atoms with Crippen molar-refractivity contribution in [1.29, 1.82) is 0 Å². The normalized spacial score (nSPS) is 12.0. The molecule has 1 heterocycles. The summed E-state index contributed by atoms with van der Waals surface area (Å²) in [4.78, 5) is 12.4. The molecule has 0 saturated carbocycles. The van der Waals surface area contributed by atoms with Crippen molar-refractivity contribution in [2.75, 3.05) is 7.11 Å². The Labute approximate surface area is 133 Å². The maximum atomic E-state index is 12.4. The molecule has 112 valence electrons. The molecule has 0 bridgehead atoms. The maximum absolute atomic E-state index is 12.4. The summed E-state index contributed by atoms with van der Waals surface area (Å²) in [5.74, 6) is 0.733. The van der Waals surface area contributed by atoms with E-state index < -0.39 is 0 Å². The molecule has 1 atom stereocenters. The minimum atomic E-state index is -0.0779. The number of benzene rings is 1. The molecule has 5 heteroatoms. The first-order valence-corrected chi connectivity index (χ1v) is 7.61. The number of ether oxygens (including phenoxy) is 1. The number of methoxy groups -OCH3 is 1. The second-order valence-corrected chi connectivity index (χ2v) is 5.78. The van der Waals surface area contributed by atoms with Gasteiger partial charge in [-0.25, -0.2) is 0 Å². The summed E-state index contributed by atoms with van der Waals surface area (Å²) >= 11 is 3.38. The Morgan fingerprint density at radius 2 is 2.05 bits per heavy atom. The number of amides is 1. The molecular formula is C16H19BrN2O2. The zero-order valence-electron chi connectivity index (χ0n) is 12.4. The van der Waals surface area contributed by atoms with Gasteiger partial charge in [0, 0.05) is 17.7 Å². The van der Waals surface area contributed by atoms with E-state index in [0.29, 0.717) is 5.69 Å². The number of nitrogens with zero attached hydrogens (tertiary/aromatic N) is 1. The molecule has 0 saturated heterocycles. The Balaban J connectivity index is 2.14. The number of halogens is 1. The molecule has 2 aromatic rings. The Morgan fingerprint density at radius 3 is 2.52 bits per heavy atom. The van der Waals surface area contributed by atoms with Crippen molar-refractivity contribution in [2.45, 2.75) is 19.4 Å². The molecule has 0 aliphatic rings. The number of carbonyl (C=O) groups excluding carboxylic acids is 1. The number of rotatable bonds is 5. The van der Waals surface area contributed by atoms with Crippen molar-refractivity contribution < 1.29 is 9.53 Å². The van der Waals surface area contributed by atoms with Gasteiger partial charge in [0.25, 0.3) is 5.91 Å². The molecule has 1 aromatic heterocycles. The minimum absolute atomic E-state index is 0.0166. The van der Waals surface area contributed by atoms with Crippen LogP contribution < -0.4 is 10.1 Å². The van der Waals surface area contributed by atoms with Gasteiger partial charge in [-0.15, -0.1) is 0 Å². The van der Waals surface area contributed by atoms with E-state index in [9.17, 15) is 4.79 Å². The molecule has 1 unspecified atom stereocenters. The Bertz CT molecular complexity index is 620. The molecule has 0 aliphatic carbocycles. The SMILES string of the molecule is CCC(NC(=O)c1cc(Br)cn1C)c1ccc(OC)cc1. The molecule has 1 amide bonds. The average molecular weight is 351 g/mol. The summed E-state index contributed by atoms with van der Waals surface area (Å²) in [6.07, 6.45) is 2.69. The number of carbonyl (C=O) groups is 1. The van der Waals surface area contributed by atoms with Crippen molar-refractivity contribution in [2.24, 2.45) is 7.05 Å². The van der Waals surface area contributed by atoms with E-state index >= 15 is 0 Å². The topological polar surface area (TPSA) is 43.3 Å². The third kappa shape index (κ3) is 3.67. The fraction of sp³-hybridized carbons (Fsp3) is 0.312. The molecule has 2 rings (SSSR count). The van der Waals surface area contributed by atoms with E-state index in [2.05, 4.69) is 28.2 Å². The Kier molecular flexibility index (Phi) is 5.07. The molecule has 0 aliphatic heterocycles. The highest BCUT2D eigenvalue weighted by molar-refractivity contribution is 9.10. The van der Waals surface area contributed by atoms with Crippen LogP contribution in [0.4, 0.5) is 0 Å². The second-order valence-electron chi connectivity index (χ2n) is 4.86. The van der Waals surface area contributed by atoms with Crippen molar-refractivity contribution in [1.82, 2.24) is 9.88 Å². The van der Waals surface area contributed by atoms with Crippen LogP contribution in [0, 0.1) is 0 Å². The first-order valence-electron chi connectivity index (χ1n) is 6.81. The van der Waals surface area contributed by atoms with Crippen molar-refractivity contribution in [3.63, 3.8) is 0 Å². The Morgan fingerprint density at radius 1 is 1.38 bits per heavy atom. The molecule has 1 aromatic carbocycles. The van der Waals surface area contributed by atoms with Crippen LogP contribution in [0.25, 0.3) is 0 Å². The van der Waals surface area contributed by atoms with Gasteiger partial charge in [-0.05, 0) is 46.1 Å². The van der Waals surface area contributed by atoms with Crippen LogP contribution in [-0.4, -0.2) is 17.6 Å². The van der Waals surface area contributed by atoms with Crippen LogP contribution in [0.3, 0.4) is 0 Å². The summed E-state index contributed by atoms with van der Waals surface area (Å²) in [7, 11) is 3.50. The smallest absolute Gasteiger partial charge is 0.268 e. The second kappa shape index (κ2) is 6.80. The summed E-state index contributed by atoms with van der Waals surface area (Å²) < 4.78 is 7.86. The van der Waals surface area contributed by atoms with Crippen LogP contribution >= 0.6 is 15.9 Å². The lowest BCUT2D eigenvalue weighted by Crippen LogP contribution is -2.29. The number of hydrogen-bond acceptors (Lipinski definition) is 2. The summed E-state index contributed by atoms with van der Waals surface area (Å²) in [6, 6.07) is 9.57. The van der Waals surface area contributed by atoms with Gasteiger partial charge in [0.1, 0.15) is 11.4 Å². The third-order valence-electron chi connectivity index (χ3n) is 3.44. The number of aryl methyl sites for hydroxylation is 1. The van der Waals surface area contributed by atoms with E-state index in [-0.39, 0.29) is 11.9 Å². The first-order chi connectivity index (χ1) is 10.0. The zero-order valence-corrected chi connectivity index (χ0v) is 14.0. The van der Waals surface area contributed by atoms with E-state index in [1.165, 1.54) is 0 Å². The van der Waals surface area contributed by atoms with Gasteiger partial charge >= 0.3 is 0 Å². The number of aromatic nitrogens is 1. The van der Waals surface area contributed by atoms with Gasteiger partial charge in [-0.3, -0.25) is 4.79 Å².